The highest BCUT2D eigenvalue weighted by Crippen LogP contribution is 2.18. The number of thiophene rings is 1. The van der Waals surface area contributed by atoms with Crippen LogP contribution in [0.2, 0.25) is 0 Å². The topological polar surface area (TPSA) is 23.5 Å². The summed E-state index contributed by atoms with van der Waals surface area (Å²) in [4.78, 5) is 3.52. The maximum Gasteiger partial charge on any atom is 0.104 e. The molecule has 0 aliphatic heterocycles. The Hall–Kier alpha value is -1.60. The van der Waals surface area contributed by atoms with Crippen molar-refractivity contribution < 1.29 is 5.11 Å². The van der Waals surface area contributed by atoms with Crippen LogP contribution < -0.4 is 0 Å². The van der Waals surface area contributed by atoms with Gasteiger partial charge >= 0.3 is 0 Å². The van der Waals surface area contributed by atoms with Gasteiger partial charge < -0.3 is 5.11 Å². The molecule has 2 nitrogen and oxygen atoms in total. The number of rotatable bonds is 4. The van der Waals surface area contributed by atoms with Crippen molar-refractivity contribution in [3.63, 3.8) is 0 Å². The summed E-state index contributed by atoms with van der Waals surface area (Å²) in [6.45, 7) is 1.71. The molecule has 1 N–H and O–H groups in total. The number of nitrogens with zero attached hydrogens (tertiary/aromatic N) is 1. The van der Waals surface area contributed by atoms with Gasteiger partial charge in [-0.15, -0.1) is 11.3 Å². The van der Waals surface area contributed by atoms with Crippen molar-refractivity contribution in [3.05, 3.63) is 57.8 Å². The zero-order valence-electron chi connectivity index (χ0n) is 11.0. The van der Waals surface area contributed by atoms with E-state index in [0.717, 1.165) is 18.7 Å². The Labute approximate surface area is 118 Å². The van der Waals surface area contributed by atoms with E-state index in [1.54, 1.807) is 11.3 Å². The fraction of sp³-hybridized carbons (Fsp3) is 0.250. The van der Waals surface area contributed by atoms with Gasteiger partial charge in [0.15, 0.2) is 0 Å². The molecule has 0 saturated carbocycles. The number of hydrogen-bond acceptors (Lipinski definition) is 3. The highest BCUT2D eigenvalue weighted by molar-refractivity contribution is 7.10. The highest BCUT2D eigenvalue weighted by atomic mass is 32.1. The van der Waals surface area contributed by atoms with Crippen LogP contribution in [0.3, 0.4) is 0 Å². The molecule has 2 rings (SSSR count). The minimum Gasteiger partial charge on any atom is -0.384 e. The number of hydrogen-bond donors (Lipinski definition) is 1. The first kappa shape index (κ1) is 13.8. The third-order valence-corrected chi connectivity index (χ3v) is 3.66. The molecule has 0 aliphatic carbocycles. The third kappa shape index (κ3) is 4.22. The molecule has 0 unspecified atom stereocenters. The molecule has 1 aromatic carbocycles. The summed E-state index contributed by atoms with van der Waals surface area (Å²) < 4.78 is 0. The van der Waals surface area contributed by atoms with Gasteiger partial charge in [-0.3, -0.25) is 4.90 Å². The minimum atomic E-state index is -0.0882. The molecule has 0 atom stereocenters. The lowest BCUT2D eigenvalue weighted by Gasteiger charge is -2.16. The van der Waals surface area contributed by atoms with Crippen LogP contribution >= 0.6 is 11.3 Å². The lowest BCUT2D eigenvalue weighted by atomic mass is 10.2. The van der Waals surface area contributed by atoms with Crippen molar-refractivity contribution in [1.29, 1.82) is 0 Å². The van der Waals surface area contributed by atoms with Gasteiger partial charge in [-0.1, -0.05) is 42.2 Å². The monoisotopic (exact) mass is 271 g/mol. The normalized spacial score (nSPS) is 10.3. The van der Waals surface area contributed by atoms with Crippen molar-refractivity contribution in [2.24, 2.45) is 0 Å². The van der Waals surface area contributed by atoms with Crippen LogP contribution in [0.15, 0.2) is 41.8 Å². The molecule has 0 amide bonds. The first-order valence-corrected chi connectivity index (χ1v) is 7.06. The Balaban J connectivity index is 1.99. The van der Waals surface area contributed by atoms with Crippen molar-refractivity contribution >= 4 is 11.3 Å². The molecule has 0 aliphatic rings. The van der Waals surface area contributed by atoms with Crippen LogP contribution in [-0.2, 0) is 13.1 Å². The van der Waals surface area contributed by atoms with Gasteiger partial charge in [0.25, 0.3) is 0 Å². The quantitative estimate of drug-likeness (QED) is 0.864. The van der Waals surface area contributed by atoms with Crippen molar-refractivity contribution in [2.45, 2.75) is 13.1 Å². The fourth-order valence-corrected chi connectivity index (χ4v) is 2.81. The van der Waals surface area contributed by atoms with E-state index in [0.29, 0.717) is 0 Å². The van der Waals surface area contributed by atoms with Crippen LogP contribution in [0, 0.1) is 11.8 Å². The van der Waals surface area contributed by atoms with E-state index in [2.05, 4.69) is 48.1 Å². The largest absolute Gasteiger partial charge is 0.384 e. The molecule has 19 heavy (non-hydrogen) atoms. The number of benzene rings is 1. The molecule has 0 spiro atoms. The third-order valence-electron chi connectivity index (χ3n) is 2.76. The summed E-state index contributed by atoms with van der Waals surface area (Å²) in [6, 6.07) is 12.4. The lowest BCUT2D eigenvalue weighted by molar-refractivity contribution is 0.322. The second-order valence-electron chi connectivity index (χ2n) is 4.38. The van der Waals surface area contributed by atoms with Crippen molar-refractivity contribution in [1.82, 2.24) is 4.90 Å². The molecule has 1 heterocycles. The van der Waals surface area contributed by atoms with E-state index in [9.17, 15) is 0 Å². The first-order chi connectivity index (χ1) is 9.29. The molecule has 3 heteroatoms. The number of aliphatic hydroxyl groups is 1. The second-order valence-corrected chi connectivity index (χ2v) is 5.38. The van der Waals surface area contributed by atoms with Gasteiger partial charge in [0.2, 0.25) is 0 Å². The summed E-state index contributed by atoms with van der Waals surface area (Å²) in [7, 11) is 2.11. The summed E-state index contributed by atoms with van der Waals surface area (Å²) in [5.74, 6) is 5.70. The average molecular weight is 271 g/mol. The predicted octanol–water partition coefficient (Wildman–Crippen LogP) is 2.72. The van der Waals surface area contributed by atoms with Crippen LogP contribution in [0.5, 0.6) is 0 Å². The lowest BCUT2D eigenvalue weighted by Crippen LogP contribution is -2.16. The van der Waals surface area contributed by atoms with E-state index < -0.39 is 0 Å². The molecule has 0 bridgehead atoms. The molecule has 98 valence electrons. The zero-order valence-corrected chi connectivity index (χ0v) is 11.8. The Morgan fingerprint density at radius 1 is 1.16 bits per heavy atom. The molecule has 1 aromatic heterocycles. The van der Waals surface area contributed by atoms with E-state index in [1.165, 1.54) is 10.4 Å². The van der Waals surface area contributed by atoms with Crippen molar-refractivity contribution in [3.8, 4) is 11.8 Å². The Bertz CT molecular complexity index is 565. The van der Waals surface area contributed by atoms with Crippen LogP contribution in [-0.4, -0.2) is 23.7 Å². The van der Waals surface area contributed by atoms with E-state index >= 15 is 0 Å². The van der Waals surface area contributed by atoms with Gasteiger partial charge in [0.1, 0.15) is 6.61 Å². The van der Waals surface area contributed by atoms with E-state index in [1.807, 2.05) is 17.5 Å². The summed E-state index contributed by atoms with van der Waals surface area (Å²) in [5.41, 5.74) is 2.34. The highest BCUT2D eigenvalue weighted by Gasteiger charge is 2.06. The molecular weight excluding hydrogens is 254 g/mol. The van der Waals surface area contributed by atoms with Gasteiger partial charge in [0, 0.05) is 23.5 Å². The Kier molecular flexibility index (Phi) is 5.17. The molecular formula is C16H17NOS. The van der Waals surface area contributed by atoms with Gasteiger partial charge in [-0.2, -0.15) is 0 Å². The molecule has 2 aromatic rings. The summed E-state index contributed by atoms with van der Waals surface area (Å²) >= 11 is 1.71. The van der Waals surface area contributed by atoms with Crippen LogP contribution in [0.25, 0.3) is 0 Å². The SMILES string of the molecule is CN(Cc1ccccc1)Cc1sccc1C#CCO. The maximum absolute atomic E-state index is 8.75. The standard InChI is InChI=1S/C16H17NOS/c1-17(12-14-6-3-2-4-7-14)13-16-15(8-5-10-18)9-11-19-16/h2-4,6-7,9,11,18H,10,12-13H2,1H3. The van der Waals surface area contributed by atoms with Gasteiger partial charge in [0.05, 0.1) is 0 Å². The minimum absolute atomic E-state index is 0.0882. The smallest absolute Gasteiger partial charge is 0.104 e. The van der Waals surface area contributed by atoms with Gasteiger partial charge in [-0.25, -0.2) is 0 Å². The van der Waals surface area contributed by atoms with Crippen LogP contribution in [0.1, 0.15) is 16.0 Å². The van der Waals surface area contributed by atoms with E-state index in [-0.39, 0.29) is 6.61 Å². The Morgan fingerprint density at radius 2 is 1.95 bits per heavy atom. The second kappa shape index (κ2) is 7.10. The van der Waals surface area contributed by atoms with E-state index in [4.69, 9.17) is 5.11 Å². The first-order valence-electron chi connectivity index (χ1n) is 6.18. The van der Waals surface area contributed by atoms with Crippen molar-refractivity contribution in [2.75, 3.05) is 13.7 Å². The van der Waals surface area contributed by atoms with Gasteiger partial charge in [-0.05, 0) is 24.1 Å². The molecule has 0 radical (unpaired) electrons. The maximum atomic E-state index is 8.75. The molecule has 0 saturated heterocycles. The fourth-order valence-electron chi connectivity index (χ4n) is 1.91. The molecule has 0 fully saturated rings. The summed E-state index contributed by atoms with van der Waals surface area (Å²) in [5, 5.41) is 10.8. The number of aliphatic hydroxyl groups excluding tert-OH is 1. The summed E-state index contributed by atoms with van der Waals surface area (Å²) in [6.07, 6.45) is 0. The average Bonchev–Trinajstić information content (AvgIpc) is 2.84. The zero-order chi connectivity index (χ0) is 13.5. The van der Waals surface area contributed by atoms with Crippen LogP contribution in [0.4, 0.5) is 0 Å². The predicted molar refractivity (Wildman–Crippen MR) is 79.9 cm³/mol. The Morgan fingerprint density at radius 3 is 2.68 bits per heavy atom.